The molecule has 146 valence electrons. The van der Waals surface area contributed by atoms with E-state index in [-0.39, 0.29) is 11.8 Å². The summed E-state index contributed by atoms with van der Waals surface area (Å²) in [7, 11) is 0. The van der Waals surface area contributed by atoms with Crippen LogP contribution < -0.4 is 5.32 Å². The van der Waals surface area contributed by atoms with E-state index in [1.54, 1.807) is 6.08 Å². The summed E-state index contributed by atoms with van der Waals surface area (Å²) >= 11 is 10.0. The Balaban J connectivity index is 1.61. The largest absolute Gasteiger partial charge is 0.352 e. The van der Waals surface area contributed by atoms with Crippen LogP contribution in [0.25, 0.3) is 17.2 Å². The van der Waals surface area contributed by atoms with Gasteiger partial charge in [-0.05, 0) is 42.2 Å². The van der Waals surface area contributed by atoms with Gasteiger partial charge >= 0.3 is 0 Å². The summed E-state index contributed by atoms with van der Waals surface area (Å²) in [6.07, 6.45) is 5.64. The highest BCUT2D eigenvalue weighted by Gasteiger charge is 2.19. The molecule has 1 fully saturated rings. The molecule has 0 atom stereocenters. The number of carbonyl (C=O) groups is 2. The lowest BCUT2D eigenvalue weighted by Gasteiger charge is -2.15. The quantitative estimate of drug-likeness (QED) is 0.470. The van der Waals surface area contributed by atoms with E-state index in [9.17, 15) is 9.59 Å². The molecule has 0 bridgehead atoms. The van der Waals surface area contributed by atoms with Crippen LogP contribution in [0.4, 0.5) is 0 Å². The van der Waals surface area contributed by atoms with Gasteiger partial charge in [0.05, 0.1) is 0 Å². The van der Waals surface area contributed by atoms with Crippen molar-refractivity contribution in [3.05, 3.63) is 63.6 Å². The van der Waals surface area contributed by atoms with Crippen LogP contribution in [0.1, 0.15) is 24.8 Å². The van der Waals surface area contributed by atoms with Gasteiger partial charge in [-0.15, -0.1) is 0 Å². The molecule has 0 aromatic heterocycles. The minimum Gasteiger partial charge on any atom is -0.352 e. The van der Waals surface area contributed by atoms with Crippen LogP contribution in [0.3, 0.4) is 0 Å². The second-order valence-corrected chi connectivity index (χ2v) is 7.91. The van der Waals surface area contributed by atoms with Crippen LogP contribution in [0.15, 0.2) is 53.0 Å². The minimum absolute atomic E-state index is 0.161. The molecule has 0 saturated carbocycles. The van der Waals surface area contributed by atoms with Crippen molar-refractivity contribution in [3.8, 4) is 11.1 Å². The van der Waals surface area contributed by atoms with Crippen molar-refractivity contribution in [3.63, 3.8) is 0 Å². The second-order valence-electron chi connectivity index (χ2n) is 6.65. The van der Waals surface area contributed by atoms with Gasteiger partial charge in [0.1, 0.15) is 0 Å². The van der Waals surface area contributed by atoms with E-state index in [4.69, 9.17) is 11.6 Å². The second kappa shape index (κ2) is 9.89. The highest BCUT2D eigenvalue weighted by molar-refractivity contribution is 9.10. The molecule has 1 saturated heterocycles. The summed E-state index contributed by atoms with van der Waals surface area (Å²) in [4.78, 5) is 25.6. The van der Waals surface area contributed by atoms with Crippen molar-refractivity contribution in [2.45, 2.75) is 19.3 Å². The Hall–Kier alpha value is -2.11. The molecule has 1 N–H and O–H groups in total. The molecule has 1 aliphatic rings. The predicted molar refractivity (Wildman–Crippen MR) is 117 cm³/mol. The number of halogens is 2. The minimum atomic E-state index is -0.161. The van der Waals surface area contributed by atoms with Gasteiger partial charge in [0.25, 0.3) is 0 Å². The summed E-state index contributed by atoms with van der Waals surface area (Å²) < 4.78 is 0.943. The number of nitrogens with one attached hydrogen (secondary N) is 1. The highest BCUT2D eigenvalue weighted by Crippen LogP contribution is 2.36. The number of rotatable bonds is 7. The van der Waals surface area contributed by atoms with E-state index in [1.807, 2.05) is 47.4 Å². The number of nitrogens with zero attached hydrogens (tertiary/aromatic N) is 1. The van der Waals surface area contributed by atoms with Crippen molar-refractivity contribution < 1.29 is 9.59 Å². The van der Waals surface area contributed by atoms with E-state index < -0.39 is 0 Å². The molecule has 0 aliphatic carbocycles. The third-order valence-electron chi connectivity index (χ3n) is 4.68. The summed E-state index contributed by atoms with van der Waals surface area (Å²) in [6, 6.07) is 13.5. The molecule has 1 aliphatic heterocycles. The number of benzene rings is 2. The molecule has 28 heavy (non-hydrogen) atoms. The fourth-order valence-electron chi connectivity index (χ4n) is 3.27. The van der Waals surface area contributed by atoms with E-state index >= 15 is 0 Å². The third kappa shape index (κ3) is 5.24. The van der Waals surface area contributed by atoms with Crippen molar-refractivity contribution in [1.29, 1.82) is 0 Å². The molecule has 0 radical (unpaired) electrons. The molecule has 0 unspecified atom stereocenters. The van der Waals surface area contributed by atoms with Crippen LogP contribution in [0, 0.1) is 0 Å². The van der Waals surface area contributed by atoms with E-state index in [1.165, 1.54) is 6.08 Å². The zero-order chi connectivity index (χ0) is 19.9. The van der Waals surface area contributed by atoms with Crippen molar-refractivity contribution in [2.75, 3.05) is 19.6 Å². The zero-order valence-corrected chi connectivity index (χ0v) is 17.8. The number of hydrogen-bond donors (Lipinski definition) is 1. The van der Waals surface area contributed by atoms with Crippen LogP contribution >= 0.6 is 27.5 Å². The van der Waals surface area contributed by atoms with Gasteiger partial charge in [-0.3, -0.25) is 9.59 Å². The lowest BCUT2D eigenvalue weighted by Crippen LogP contribution is -2.29. The van der Waals surface area contributed by atoms with Crippen LogP contribution in [0.2, 0.25) is 5.02 Å². The maximum Gasteiger partial charge on any atom is 0.244 e. The summed E-state index contributed by atoms with van der Waals surface area (Å²) in [6.45, 7) is 2.07. The lowest BCUT2D eigenvalue weighted by atomic mass is 9.99. The first-order chi connectivity index (χ1) is 13.6. The van der Waals surface area contributed by atoms with Crippen LogP contribution in [-0.4, -0.2) is 36.3 Å². The smallest absolute Gasteiger partial charge is 0.244 e. The van der Waals surface area contributed by atoms with Crippen molar-refractivity contribution in [2.24, 2.45) is 0 Å². The topological polar surface area (TPSA) is 49.4 Å². The first kappa shape index (κ1) is 20.6. The Morgan fingerprint density at radius 2 is 2.04 bits per heavy atom. The molecule has 6 heteroatoms. The van der Waals surface area contributed by atoms with Gasteiger partial charge in [-0.1, -0.05) is 57.9 Å². The van der Waals surface area contributed by atoms with Gasteiger partial charge in [0.2, 0.25) is 11.8 Å². The molecule has 3 rings (SSSR count). The SMILES string of the molecule is O=C(/C=C/c1cccc(Cl)c1-c1ccccc1Br)NCCCN1CCCC1=O. The average Bonchev–Trinajstić information content (AvgIpc) is 3.09. The average molecular weight is 462 g/mol. The maximum absolute atomic E-state index is 12.2. The predicted octanol–water partition coefficient (Wildman–Crippen LogP) is 4.91. The fraction of sp³-hybridized carbons (Fsp3) is 0.273. The van der Waals surface area contributed by atoms with Crippen LogP contribution in [-0.2, 0) is 9.59 Å². The molecular formula is C22H22BrClN2O2. The molecule has 2 aromatic carbocycles. The highest BCUT2D eigenvalue weighted by atomic mass is 79.9. The monoisotopic (exact) mass is 460 g/mol. The van der Waals surface area contributed by atoms with Gasteiger partial charge in [-0.2, -0.15) is 0 Å². The van der Waals surface area contributed by atoms with E-state index in [0.29, 0.717) is 24.5 Å². The number of hydrogen-bond acceptors (Lipinski definition) is 2. The first-order valence-corrected chi connectivity index (χ1v) is 10.5. The number of carbonyl (C=O) groups excluding carboxylic acids is 2. The number of amides is 2. The Morgan fingerprint density at radius 3 is 2.79 bits per heavy atom. The van der Waals surface area contributed by atoms with Gasteiger partial charge in [0, 0.05) is 47.2 Å². The zero-order valence-electron chi connectivity index (χ0n) is 15.5. The molecule has 1 heterocycles. The first-order valence-electron chi connectivity index (χ1n) is 9.33. The summed E-state index contributed by atoms with van der Waals surface area (Å²) in [5, 5.41) is 3.50. The van der Waals surface area contributed by atoms with Gasteiger partial charge in [0.15, 0.2) is 0 Å². The Morgan fingerprint density at radius 1 is 1.21 bits per heavy atom. The van der Waals surface area contributed by atoms with Crippen molar-refractivity contribution in [1.82, 2.24) is 10.2 Å². The molecule has 2 amide bonds. The van der Waals surface area contributed by atoms with Gasteiger partial charge < -0.3 is 10.2 Å². The Labute approximate surface area is 178 Å². The Kier molecular flexibility index (Phi) is 7.29. The maximum atomic E-state index is 12.2. The van der Waals surface area contributed by atoms with Crippen molar-refractivity contribution >= 4 is 45.4 Å². The standard InChI is InChI=1S/C22H22BrClN2O2/c23-18-8-2-1-7-17(18)22-16(6-3-9-19(22)24)11-12-20(27)25-13-5-15-26-14-4-10-21(26)28/h1-3,6-9,11-12H,4-5,10,13-15H2,(H,25,27)/b12-11+. The Bertz CT molecular complexity index is 898. The normalized spacial score (nSPS) is 14.1. The molecular weight excluding hydrogens is 440 g/mol. The molecule has 0 spiro atoms. The van der Waals surface area contributed by atoms with Gasteiger partial charge in [-0.25, -0.2) is 0 Å². The van der Waals surface area contributed by atoms with Crippen LogP contribution in [0.5, 0.6) is 0 Å². The summed E-state index contributed by atoms with van der Waals surface area (Å²) in [5.41, 5.74) is 2.73. The molecule has 2 aromatic rings. The summed E-state index contributed by atoms with van der Waals surface area (Å²) in [5.74, 6) is 0.0533. The third-order valence-corrected chi connectivity index (χ3v) is 5.69. The van der Waals surface area contributed by atoms with E-state index in [0.717, 1.165) is 40.5 Å². The lowest BCUT2D eigenvalue weighted by molar-refractivity contribution is -0.127. The fourth-order valence-corrected chi connectivity index (χ4v) is 4.04. The number of likely N-dealkylation sites (tertiary alicyclic amines) is 1. The van der Waals surface area contributed by atoms with E-state index in [2.05, 4.69) is 21.2 Å². The molecule has 4 nitrogen and oxygen atoms in total.